The van der Waals surface area contributed by atoms with Crippen molar-refractivity contribution < 1.29 is 40.9 Å². The van der Waals surface area contributed by atoms with Crippen molar-refractivity contribution in [2.75, 3.05) is 0 Å². The van der Waals surface area contributed by atoms with Gasteiger partial charge in [-0.15, -0.1) is 0 Å². The molecule has 0 bridgehead atoms. The molecule has 0 saturated heterocycles. The van der Waals surface area contributed by atoms with E-state index in [0.717, 1.165) is 89.0 Å². The minimum Gasteiger partial charge on any atom is -0.389 e. The van der Waals surface area contributed by atoms with Gasteiger partial charge in [0, 0.05) is 0 Å². The third-order valence-corrected chi connectivity index (χ3v) is 12.4. The van der Waals surface area contributed by atoms with E-state index in [2.05, 4.69) is 0 Å². The van der Waals surface area contributed by atoms with Gasteiger partial charge in [0.1, 0.15) is 0 Å². The quantitative estimate of drug-likeness (QED) is 0.0600. The van der Waals surface area contributed by atoms with E-state index in [1.54, 1.807) is 55.4 Å². The molecule has 8 aromatic carbocycles. The second-order valence-electron chi connectivity index (χ2n) is 18.1. The van der Waals surface area contributed by atoms with E-state index in [-0.39, 0.29) is 0 Å². The topological polar surface area (TPSA) is 162 Å². The molecule has 0 aliphatic carbocycles. The highest BCUT2D eigenvalue weighted by atomic mass is 16.3. The van der Waals surface area contributed by atoms with Crippen molar-refractivity contribution in [3.8, 4) is 44.5 Å². The van der Waals surface area contributed by atoms with Crippen LogP contribution in [0.4, 0.5) is 0 Å². The zero-order valence-electron chi connectivity index (χ0n) is 42.7. The maximum absolute atomic E-state index is 9.83. The molecule has 0 saturated carbocycles. The lowest BCUT2D eigenvalue weighted by Gasteiger charge is -2.16. The van der Waals surface area contributed by atoms with E-state index in [4.69, 9.17) is 0 Å². The molecule has 0 amide bonds. The summed E-state index contributed by atoms with van der Waals surface area (Å²) in [6, 6.07) is 62.0. The van der Waals surface area contributed by atoms with E-state index in [0.29, 0.717) is 0 Å². The molecule has 8 nitrogen and oxygen atoms in total. The molecule has 0 aromatic heterocycles. The Labute approximate surface area is 426 Å². The average molecular weight is 969 g/mol. The molecule has 0 heterocycles. The first-order valence-corrected chi connectivity index (χ1v) is 24.6. The van der Waals surface area contributed by atoms with E-state index in [1.165, 1.54) is 0 Å². The summed E-state index contributed by atoms with van der Waals surface area (Å²) in [6.45, 7) is 14.0. The van der Waals surface area contributed by atoms with Crippen molar-refractivity contribution in [3.05, 3.63) is 239 Å². The number of aliphatic hydroxyl groups is 8. The molecule has 8 atom stereocenters. The minimum atomic E-state index is -0.525. The number of benzene rings is 8. The third kappa shape index (κ3) is 14.8. The lowest BCUT2D eigenvalue weighted by molar-refractivity contribution is 0.197. The molecule has 0 aliphatic rings. The van der Waals surface area contributed by atoms with Gasteiger partial charge in [-0.05, 0) is 144 Å². The first kappa shape index (κ1) is 56.4. The first-order valence-electron chi connectivity index (χ1n) is 24.6. The van der Waals surface area contributed by atoms with Gasteiger partial charge in [-0.1, -0.05) is 194 Å². The molecule has 0 aliphatic heterocycles. The molecule has 0 unspecified atom stereocenters. The van der Waals surface area contributed by atoms with Gasteiger partial charge in [0.05, 0.1) is 48.8 Å². The zero-order chi connectivity index (χ0) is 52.5. The molecule has 8 rings (SSSR count). The maximum Gasteiger partial charge on any atom is 0.0767 e. The summed E-state index contributed by atoms with van der Waals surface area (Å²) in [7, 11) is 0. The number of hydrogen-bond acceptors (Lipinski definition) is 8. The number of hydrogen-bond donors (Lipinski definition) is 8. The normalized spacial score (nSPS) is 14.2. The molecule has 376 valence electrons. The molecule has 0 radical (unpaired) electrons. The van der Waals surface area contributed by atoms with Crippen LogP contribution in [-0.4, -0.2) is 40.9 Å². The summed E-state index contributed by atoms with van der Waals surface area (Å²) in [5, 5.41) is 78.7. The molecule has 0 spiro atoms. The summed E-state index contributed by atoms with van der Waals surface area (Å²) in [6.07, 6.45) is -4.20. The maximum atomic E-state index is 9.83. The number of rotatable bonds is 12. The highest BCUT2D eigenvalue weighted by Crippen LogP contribution is 2.37. The van der Waals surface area contributed by atoms with Crippen LogP contribution in [-0.2, 0) is 0 Å². The highest BCUT2D eigenvalue weighted by molar-refractivity contribution is 5.74. The number of aliphatic hydroxyl groups excluding tert-OH is 8. The van der Waals surface area contributed by atoms with Gasteiger partial charge in [0.15, 0.2) is 0 Å². The van der Waals surface area contributed by atoms with Gasteiger partial charge in [0.25, 0.3) is 0 Å². The Morgan fingerprint density at radius 3 is 0.333 bits per heavy atom. The standard InChI is InChI=1S/4C16H18O2/c4*1-11(17)13-7-3-5-9-15(13)16-10-6-4-8-14(16)12(2)18/h4*3-12,17-18H,1-2H3/t4*11-,12-/m1100/s1. The van der Waals surface area contributed by atoms with Crippen LogP contribution < -0.4 is 0 Å². The van der Waals surface area contributed by atoms with Crippen LogP contribution in [0.3, 0.4) is 0 Å². The fourth-order valence-corrected chi connectivity index (χ4v) is 8.85. The highest BCUT2D eigenvalue weighted by Gasteiger charge is 2.18. The summed E-state index contributed by atoms with van der Waals surface area (Å²) < 4.78 is 0. The summed E-state index contributed by atoms with van der Waals surface area (Å²) in [5.41, 5.74) is 14.8. The van der Waals surface area contributed by atoms with E-state index >= 15 is 0 Å². The fourth-order valence-electron chi connectivity index (χ4n) is 8.85. The van der Waals surface area contributed by atoms with Crippen LogP contribution in [0.15, 0.2) is 194 Å². The van der Waals surface area contributed by atoms with Crippen LogP contribution in [0.25, 0.3) is 44.5 Å². The molecule has 8 heteroatoms. The van der Waals surface area contributed by atoms with E-state index in [1.807, 2.05) is 194 Å². The Bertz CT molecular complexity index is 2320. The Hall–Kier alpha value is -6.56. The van der Waals surface area contributed by atoms with Gasteiger partial charge in [0.2, 0.25) is 0 Å². The monoisotopic (exact) mass is 969 g/mol. The fraction of sp³-hybridized carbons (Fsp3) is 0.250. The van der Waals surface area contributed by atoms with Gasteiger partial charge in [-0.25, -0.2) is 0 Å². The van der Waals surface area contributed by atoms with Crippen LogP contribution >= 0.6 is 0 Å². The van der Waals surface area contributed by atoms with Crippen molar-refractivity contribution in [2.45, 2.75) is 104 Å². The van der Waals surface area contributed by atoms with Gasteiger partial charge >= 0.3 is 0 Å². The van der Waals surface area contributed by atoms with Gasteiger partial charge in [-0.2, -0.15) is 0 Å². The molecular weight excluding hydrogens is 897 g/mol. The van der Waals surface area contributed by atoms with Crippen molar-refractivity contribution in [3.63, 3.8) is 0 Å². The molecule has 72 heavy (non-hydrogen) atoms. The second kappa shape index (κ2) is 27.3. The van der Waals surface area contributed by atoms with Crippen LogP contribution in [0.1, 0.15) is 149 Å². The van der Waals surface area contributed by atoms with Crippen molar-refractivity contribution in [2.24, 2.45) is 0 Å². The lowest BCUT2D eigenvalue weighted by Crippen LogP contribution is -1.99. The Morgan fingerprint density at radius 2 is 0.250 bits per heavy atom. The Balaban J connectivity index is 0.000000178. The van der Waals surface area contributed by atoms with Crippen molar-refractivity contribution in [1.82, 2.24) is 0 Å². The summed E-state index contributed by atoms with van der Waals surface area (Å²) in [4.78, 5) is 0. The SMILES string of the molecule is C[C@@H](O)c1ccccc1-c1ccccc1[C@@H](C)O.C[C@@H](O)c1ccccc1-c1ccccc1[C@@H](C)O.C[C@H](O)c1ccccc1-c1ccccc1[C@H](C)O.C[C@H](O)c1ccccc1-c1ccccc1[C@H](C)O. The predicted molar refractivity (Wildman–Crippen MR) is 293 cm³/mol. The van der Waals surface area contributed by atoms with E-state index in [9.17, 15) is 40.9 Å². The second-order valence-corrected chi connectivity index (χ2v) is 18.1. The van der Waals surface area contributed by atoms with Crippen molar-refractivity contribution >= 4 is 0 Å². The summed E-state index contributed by atoms with van der Waals surface area (Å²) >= 11 is 0. The molecule has 8 aromatic rings. The molecular formula is C64H72O8. The minimum absolute atomic E-state index is 0.525. The van der Waals surface area contributed by atoms with Gasteiger partial charge in [-0.3, -0.25) is 0 Å². The molecule has 0 fully saturated rings. The Morgan fingerprint density at radius 1 is 0.167 bits per heavy atom. The Kier molecular flexibility index (Phi) is 21.4. The average Bonchev–Trinajstić information content (AvgIpc) is 3.39. The third-order valence-electron chi connectivity index (χ3n) is 12.4. The van der Waals surface area contributed by atoms with Crippen LogP contribution in [0.2, 0.25) is 0 Å². The van der Waals surface area contributed by atoms with Crippen LogP contribution in [0, 0.1) is 0 Å². The summed E-state index contributed by atoms with van der Waals surface area (Å²) in [5.74, 6) is 0. The lowest BCUT2D eigenvalue weighted by atomic mass is 9.92. The zero-order valence-corrected chi connectivity index (χ0v) is 42.7. The van der Waals surface area contributed by atoms with E-state index < -0.39 is 48.8 Å². The predicted octanol–water partition coefficient (Wildman–Crippen LogP) is 13.8. The molecule has 8 N–H and O–H groups in total. The largest absolute Gasteiger partial charge is 0.389 e. The smallest absolute Gasteiger partial charge is 0.0767 e. The first-order chi connectivity index (χ1) is 34.4. The van der Waals surface area contributed by atoms with Crippen molar-refractivity contribution in [1.29, 1.82) is 0 Å². The van der Waals surface area contributed by atoms with Crippen LogP contribution in [0.5, 0.6) is 0 Å². The van der Waals surface area contributed by atoms with Gasteiger partial charge < -0.3 is 40.9 Å².